The molecule has 0 aliphatic carbocycles. The lowest BCUT2D eigenvalue weighted by Crippen LogP contribution is -2.37. The van der Waals surface area contributed by atoms with E-state index in [1.54, 1.807) is 20.8 Å². The van der Waals surface area contributed by atoms with Gasteiger partial charge in [-0.05, 0) is 32.4 Å². The summed E-state index contributed by atoms with van der Waals surface area (Å²) in [5.41, 5.74) is 6.15. The monoisotopic (exact) mass is 287 g/mol. The molecule has 0 saturated heterocycles. The van der Waals surface area contributed by atoms with Gasteiger partial charge in [0.1, 0.15) is 0 Å². The minimum absolute atomic E-state index is 0.123. The lowest BCUT2D eigenvalue weighted by molar-refractivity contribution is -0.385. The molecule has 0 aromatic heterocycles. The Hall–Kier alpha value is -1.51. The molecule has 1 aromatic rings. The Morgan fingerprint density at radius 2 is 2.00 bits per heavy atom. The summed E-state index contributed by atoms with van der Waals surface area (Å²) in [5.74, 6) is 0. The first-order valence-electron chi connectivity index (χ1n) is 5.67. The number of nitro benzene ring substituents is 1. The van der Waals surface area contributed by atoms with Crippen molar-refractivity contribution in [2.45, 2.75) is 31.7 Å². The van der Waals surface area contributed by atoms with Crippen molar-refractivity contribution in [3.8, 4) is 0 Å². The number of nitrogens with zero attached hydrogens (tertiary/aromatic N) is 1. The summed E-state index contributed by atoms with van der Waals surface area (Å²) in [6, 6.07) is 2.03. The van der Waals surface area contributed by atoms with Crippen LogP contribution >= 0.6 is 0 Å². The van der Waals surface area contributed by atoms with E-state index >= 15 is 0 Å². The molecule has 3 N–H and O–H groups in total. The van der Waals surface area contributed by atoms with Crippen LogP contribution in [0.5, 0.6) is 0 Å². The lowest BCUT2D eigenvalue weighted by Gasteiger charge is -2.13. The van der Waals surface area contributed by atoms with Crippen molar-refractivity contribution in [1.82, 2.24) is 4.72 Å². The molecule has 0 heterocycles. The first-order chi connectivity index (χ1) is 8.69. The van der Waals surface area contributed by atoms with Crippen LogP contribution in [0, 0.1) is 24.0 Å². The second-order valence-corrected chi connectivity index (χ2v) is 6.11. The van der Waals surface area contributed by atoms with E-state index in [2.05, 4.69) is 4.72 Å². The van der Waals surface area contributed by atoms with Crippen LogP contribution in [0.25, 0.3) is 0 Å². The maximum absolute atomic E-state index is 12.1. The Morgan fingerprint density at radius 3 is 2.47 bits per heavy atom. The highest BCUT2D eigenvalue weighted by atomic mass is 32.2. The zero-order valence-corrected chi connectivity index (χ0v) is 11.8. The van der Waals surface area contributed by atoms with Gasteiger partial charge in [0.25, 0.3) is 5.69 Å². The van der Waals surface area contributed by atoms with Crippen LogP contribution in [-0.2, 0) is 10.0 Å². The molecule has 1 atom stereocenters. The molecule has 1 aromatic carbocycles. The number of hydrogen-bond donors (Lipinski definition) is 2. The number of nitrogens with two attached hydrogens (primary N) is 1. The number of nitrogens with one attached hydrogen (secondary N) is 1. The van der Waals surface area contributed by atoms with Crippen molar-refractivity contribution in [1.29, 1.82) is 0 Å². The Balaban J connectivity index is 3.32. The van der Waals surface area contributed by atoms with Crippen LogP contribution in [0.15, 0.2) is 17.0 Å². The summed E-state index contributed by atoms with van der Waals surface area (Å²) in [7, 11) is -3.80. The molecule has 0 bridgehead atoms. The van der Waals surface area contributed by atoms with Crippen molar-refractivity contribution in [3.05, 3.63) is 33.4 Å². The minimum Gasteiger partial charge on any atom is -0.329 e. The highest BCUT2D eigenvalue weighted by molar-refractivity contribution is 7.89. The summed E-state index contributed by atoms with van der Waals surface area (Å²) in [6.45, 7) is 4.98. The predicted molar refractivity (Wildman–Crippen MR) is 71.4 cm³/mol. The molecule has 0 aliphatic heterocycles. The van der Waals surface area contributed by atoms with Gasteiger partial charge in [-0.1, -0.05) is 0 Å². The SMILES string of the molecule is Cc1cc(S(=O)(=O)N[C@H](C)CN)cc([N+](=O)[O-])c1C. The van der Waals surface area contributed by atoms with Gasteiger partial charge in [-0.25, -0.2) is 13.1 Å². The van der Waals surface area contributed by atoms with E-state index in [0.717, 1.165) is 6.07 Å². The summed E-state index contributed by atoms with van der Waals surface area (Å²) in [5, 5.41) is 10.9. The Morgan fingerprint density at radius 1 is 1.42 bits per heavy atom. The fourth-order valence-electron chi connectivity index (χ4n) is 1.53. The van der Waals surface area contributed by atoms with E-state index < -0.39 is 21.0 Å². The van der Waals surface area contributed by atoms with Crippen LogP contribution < -0.4 is 10.5 Å². The minimum atomic E-state index is -3.80. The van der Waals surface area contributed by atoms with E-state index in [-0.39, 0.29) is 17.1 Å². The van der Waals surface area contributed by atoms with Gasteiger partial charge >= 0.3 is 0 Å². The number of nitro groups is 1. The van der Waals surface area contributed by atoms with E-state index in [1.165, 1.54) is 6.07 Å². The normalized spacial score (nSPS) is 13.3. The van der Waals surface area contributed by atoms with Crippen LogP contribution in [0.1, 0.15) is 18.1 Å². The summed E-state index contributed by atoms with van der Waals surface area (Å²) >= 11 is 0. The number of benzene rings is 1. The van der Waals surface area contributed by atoms with Crippen molar-refractivity contribution in [3.63, 3.8) is 0 Å². The van der Waals surface area contributed by atoms with Gasteiger partial charge < -0.3 is 5.73 Å². The smallest absolute Gasteiger partial charge is 0.273 e. The summed E-state index contributed by atoms with van der Waals surface area (Å²) < 4.78 is 26.5. The van der Waals surface area contributed by atoms with Crippen LogP contribution in [-0.4, -0.2) is 25.9 Å². The third-order valence-electron chi connectivity index (χ3n) is 2.83. The van der Waals surface area contributed by atoms with Crippen molar-refractivity contribution >= 4 is 15.7 Å². The number of sulfonamides is 1. The third kappa shape index (κ3) is 3.49. The molecule has 0 fully saturated rings. The third-order valence-corrected chi connectivity index (χ3v) is 4.40. The second kappa shape index (κ2) is 5.64. The van der Waals surface area contributed by atoms with Crippen LogP contribution in [0.3, 0.4) is 0 Å². The molecule has 0 spiro atoms. The van der Waals surface area contributed by atoms with Crippen molar-refractivity contribution < 1.29 is 13.3 Å². The number of aryl methyl sites for hydroxylation is 1. The van der Waals surface area contributed by atoms with E-state index in [4.69, 9.17) is 5.73 Å². The standard InChI is InChI=1S/C11H17N3O4S/c1-7-4-10(5-11(9(7)3)14(15)16)19(17,18)13-8(2)6-12/h4-5,8,13H,6,12H2,1-3H3/t8-/m1/s1. The zero-order chi connectivity index (χ0) is 14.8. The van der Waals surface area contributed by atoms with Gasteiger partial charge in [0.05, 0.1) is 9.82 Å². The predicted octanol–water partition coefficient (Wildman–Crippen LogP) is 0.837. The number of hydrogen-bond acceptors (Lipinski definition) is 5. The Labute approximate surface area is 112 Å². The fraction of sp³-hybridized carbons (Fsp3) is 0.455. The first kappa shape index (κ1) is 15.5. The molecule has 1 rings (SSSR count). The first-order valence-corrected chi connectivity index (χ1v) is 7.15. The van der Waals surface area contributed by atoms with Gasteiger partial charge in [0.2, 0.25) is 10.0 Å². The summed E-state index contributed by atoms with van der Waals surface area (Å²) in [4.78, 5) is 10.2. The zero-order valence-electron chi connectivity index (χ0n) is 11.0. The lowest BCUT2D eigenvalue weighted by atomic mass is 10.1. The maximum atomic E-state index is 12.1. The van der Waals surface area contributed by atoms with Crippen molar-refractivity contribution in [2.75, 3.05) is 6.54 Å². The quantitative estimate of drug-likeness (QED) is 0.615. The van der Waals surface area contributed by atoms with E-state index in [1.807, 2.05) is 0 Å². The Bertz CT molecular complexity index is 598. The average Bonchev–Trinajstić information content (AvgIpc) is 2.31. The van der Waals surface area contributed by atoms with Crippen LogP contribution in [0.4, 0.5) is 5.69 Å². The molecule has 0 saturated carbocycles. The molecular formula is C11H17N3O4S. The van der Waals surface area contributed by atoms with Crippen molar-refractivity contribution in [2.24, 2.45) is 5.73 Å². The van der Waals surface area contributed by atoms with Crippen LogP contribution in [0.2, 0.25) is 0 Å². The molecular weight excluding hydrogens is 270 g/mol. The topological polar surface area (TPSA) is 115 Å². The molecule has 0 radical (unpaired) electrons. The second-order valence-electron chi connectivity index (χ2n) is 4.40. The molecule has 106 valence electrons. The van der Waals surface area contributed by atoms with E-state index in [9.17, 15) is 18.5 Å². The largest absolute Gasteiger partial charge is 0.329 e. The van der Waals surface area contributed by atoms with Gasteiger partial charge in [-0.2, -0.15) is 0 Å². The molecule has 19 heavy (non-hydrogen) atoms. The molecule has 8 heteroatoms. The van der Waals surface area contributed by atoms with Gasteiger partial charge in [0, 0.05) is 24.2 Å². The van der Waals surface area contributed by atoms with Gasteiger partial charge in [-0.3, -0.25) is 10.1 Å². The molecule has 0 amide bonds. The molecule has 7 nitrogen and oxygen atoms in total. The molecule has 0 aliphatic rings. The number of rotatable bonds is 5. The average molecular weight is 287 g/mol. The highest BCUT2D eigenvalue weighted by Crippen LogP contribution is 2.25. The van der Waals surface area contributed by atoms with Gasteiger partial charge in [-0.15, -0.1) is 0 Å². The van der Waals surface area contributed by atoms with Gasteiger partial charge in [0.15, 0.2) is 0 Å². The Kier molecular flexibility index (Phi) is 4.61. The summed E-state index contributed by atoms with van der Waals surface area (Å²) in [6.07, 6.45) is 0. The fourth-order valence-corrected chi connectivity index (χ4v) is 2.89. The maximum Gasteiger partial charge on any atom is 0.273 e. The highest BCUT2D eigenvalue weighted by Gasteiger charge is 2.22. The van der Waals surface area contributed by atoms with E-state index in [0.29, 0.717) is 11.1 Å². The molecule has 0 unspecified atom stereocenters.